The molecule has 0 aliphatic heterocycles. The first-order chi connectivity index (χ1) is 8.50. The minimum atomic E-state index is -0.360. The van der Waals surface area contributed by atoms with Crippen LogP contribution in [0.4, 0.5) is 10.6 Å². The van der Waals surface area contributed by atoms with E-state index in [0.717, 1.165) is 0 Å². The molecule has 98 valence electrons. The van der Waals surface area contributed by atoms with Gasteiger partial charge in [-0.25, -0.2) is 14.8 Å². The molecule has 1 heterocycles. The number of anilines is 1. The molecule has 0 unspecified atom stereocenters. The Kier molecular flexibility index (Phi) is 4.85. The number of hydrogen-bond donors (Lipinski definition) is 3. The Morgan fingerprint density at radius 1 is 1.22 bits per heavy atom. The highest BCUT2D eigenvalue weighted by Crippen LogP contribution is 1.95. The SMILES string of the molecule is CN(C)C(=O)NCCNC(=O)c1cnc(N)cn1. The van der Waals surface area contributed by atoms with Gasteiger partial charge in [0.25, 0.3) is 5.91 Å². The topological polar surface area (TPSA) is 113 Å². The number of rotatable bonds is 4. The average molecular weight is 252 g/mol. The Morgan fingerprint density at radius 2 is 1.89 bits per heavy atom. The van der Waals surface area contributed by atoms with Crippen LogP contribution in [0.15, 0.2) is 12.4 Å². The molecule has 0 atom stereocenters. The molecule has 3 amide bonds. The molecule has 8 nitrogen and oxygen atoms in total. The lowest BCUT2D eigenvalue weighted by molar-refractivity contribution is 0.0948. The number of urea groups is 1. The van der Waals surface area contributed by atoms with Crippen LogP contribution in [-0.2, 0) is 0 Å². The zero-order valence-corrected chi connectivity index (χ0v) is 10.3. The van der Waals surface area contributed by atoms with Gasteiger partial charge in [0, 0.05) is 27.2 Å². The molecule has 18 heavy (non-hydrogen) atoms. The highest BCUT2D eigenvalue weighted by molar-refractivity contribution is 5.92. The molecule has 0 aliphatic rings. The Balaban J connectivity index is 2.29. The van der Waals surface area contributed by atoms with Gasteiger partial charge in [-0.3, -0.25) is 4.79 Å². The van der Waals surface area contributed by atoms with Crippen molar-refractivity contribution >= 4 is 17.8 Å². The van der Waals surface area contributed by atoms with Crippen molar-refractivity contribution in [2.45, 2.75) is 0 Å². The van der Waals surface area contributed by atoms with Crippen molar-refractivity contribution in [2.75, 3.05) is 32.9 Å². The fraction of sp³-hybridized carbons (Fsp3) is 0.400. The smallest absolute Gasteiger partial charge is 0.316 e. The second-order valence-electron chi connectivity index (χ2n) is 3.71. The Bertz CT molecular complexity index is 417. The van der Waals surface area contributed by atoms with Gasteiger partial charge in [0.05, 0.1) is 12.4 Å². The molecule has 1 aromatic heterocycles. The third-order valence-electron chi connectivity index (χ3n) is 2.00. The second-order valence-corrected chi connectivity index (χ2v) is 3.71. The van der Waals surface area contributed by atoms with Gasteiger partial charge in [0.15, 0.2) is 0 Å². The molecule has 0 bridgehead atoms. The summed E-state index contributed by atoms with van der Waals surface area (Å²) in [6, 6.07) is -0.212. The lowest BCUT2D eigenvalue weighted by atomic mass is 10.4. The summed E-state index contributed by atoms with van der Waals surface area (Å²) in [5.41, 5.74) is 5.54. The monoisotopic (exact) mass is 252 g/mol. The van der Waals surface area contributed by atoms with Crippen LogP contribution in [0.1, 0.15) is 10.5 Å². The van der Waals surface area contributed by atoms with Crippen molar-refractivity contribution in [1.29, 1.82) is 0 Å². The first-order valence-electron chi connectivity index (χ1n) is 5.31. The van der Waals surface area contributed by atoms with Crippen LogP contribution in [0.5, 0.6) is 0 Å². The Labute approximate surface area is 105 Å². The molecule has 0 radical (unpaired) electrons. The maximum atomic E-state index is 11.6. The Hall–Kier alpha value is -2.38. The molecular formula is C10H16N6O2. The fourth-order valence-corrected chi connectivity index (χ4v) is 1.05. The van der Waals surface area contributed by atoms with Gasteiger partial charge in [-0.05, 0) is 0 Å². The summed E-state index contributed by atoms with van der Waals surface area (Å²) >= 11 is 0. The number of nitrogens with zero attached hydrogens (tertiary/aromatic N) is 3. The summed E-state index contributed by atoms with van der Waals surface area (Å²) in [6.07, 6.45) is 2.60. The van der Waals surface area contributed by atoms with E-state index in [0.29, 0.717) is 13.1 Å². The molecule has 0 saturated heterocycles. The van der Waals surface area contributed by atoms with Gasteiger partial charge in [-0.1, -0.05) is 0 Å². The zero-order chi connectivity index (χ0) is 13.5. The van der Waals surface area contributed by atoms with Crippen LogP contribution in [-0.4, -0.2) is 54.0 Å². The maximum Gasteiger partial charge on any atom is 0.316 e. The highest BCUT2D eigenvalue weighted by Gasteiger charge is 2.07. The van der Waals surface area contributed by atoms with E-state index >= 15 is 0 Å². The number of carbonyl (C=O) groups is 2. The van der Waals surface area contributed by atoms with E-state index < -0.39 is 0 Å². The van der Waals surface area contributed by atoms with E-state index in [2.05, 4.69) is 20.6 Å². The summed E-state index contributed by atoms with van der Waals surface area (Å²) in [7, 11) is 3.27. The zero-order valence-electron chi connectivity index (χ0n) is 10.3. The summed E-state index contributed by atoms with van der Waals surface area (Å²) in [4.78, 5) is 31.7. The van der Waals surface area contributed by atoms with E-state index in [4.69, 9.17) is 5.73 Å². The number of aromatic nitrogens is 2. The number of nitrogen functional groups attached to an aromatic ring is 1. The maximum absolute atomic E-state index is 11.6. The number of carbonyl (C=O) groups excluding carboxylic acids is 2. The normalized spacial score (nSPS) is 9.67. The van der Waals surface area contributed by atoms with Crippen molar-refractivity contribution < 1.29 is 9.59 Å². The van der Waals surface area contributed by atoms with Gasteiger partial charge in [-0.2, -0.15) is 0 Å². The van der Waals surface area contributed by atoms with Gasteiger partial charge in [-0.15, -0.1) is 0 Å². The largest absolute Gasteiger partial charge is 0.382 e. The molecule has 1 rings (SSSR count). The first-order valence-corrected chi connectivity index (χ1v) is 5.31. The molecule has 1 aromatic rings. The lowest BCUT2D eigenvalue weighted by Gasteiger charge is -2.12. The predicted octanol–water partition coefficient (Wildman–Crippen LogP) is -0.940. The van der Waals surface area contributed by atoms with Crippen molar-refractivity contribution in [3.05, 3.63) is 18.1 Å². The van der Waals surface area contributed by atoms with Crippen LogP contribution in [0.3, 0.4) is 0 Å². The van der Waals surface area contributed by atoms with Crippen molar-refractivity contribution in [1.82, 2.24) is 25.5 Å². The van der Waals surface area contributed by atoms with Crippen molar-refractivity contribution in [2.24, 2.45) is 0 Å². The van der Waals surface area contributed by atoms with Crippen molar-refractivity contribution in [3.8, 4) is 0 Å². The number of nitrogens with one attached hydrogen (secondary N) is 2. The van der Waals surface area contributed by atoms with E-state index in [1.807, 2.05) is 0 Å². The second kappa shape index (κ2) is 6.38. The van der Waals surface area contributed by atoms with E-state index in [1.54, 1.807) is 14.1 Å². The predicted molar refractivity (Wildman–Crippen MR) is 65.9 cm³/mol. The van der Waals surface area contributed by atoms with Crippen LogP contribution in [0, 0.1) is 0 Å². The Morgan fingerprint density at radius 3 is 2.44 bits per heavy atom. The van der Waals surface area contributed by atoms with Crippen LogP contribution < -0.4 is 16.4 Å². The summed E-state index contributed by atoms with van der Waals surface area (Å²) in [6.45, 7) is 0.648. The van der Waals surface area contributed by atoms with Crippen LogP contribution in [0.25, 0.3) is 0 Å². The molecule has 0 fully saturated rings. The van der Waals surface area contributed by atoms with E-state index in [-0.39, 0.29) is 23.5 Å². The van der Waals surface area contributed by atoms with Crippen LogP contribution in [0.2, 0.25) is 0 Å². The average Bonchev–Trinajstić information content (AvgIpc) is 2.34. The minimum Gasteiger partial charge on any atom is -0.382 e. The number of amides is 3. The van der Waals surface area contributed by atoms with Gasteiger partial charge < -0.3 is 21.3 Å². The van der Waals surface area contributed by atoms with E-state index in [1.165, 1.54) is 17.3 Å². The van der Waals surface area contributed by atoms with E-state index in [9.17, 15) is 9.59 Å². The summed E-state index contributed by atoms with van der Waals surface area (Å²) in [5.74, 6) is -0.105. The third kappa shape index (κ3) is 4.24. The molecule has 8 heteroatoms. The highest BCUT2D eigenvalue weighted by atomic mass is 16.2. The first kappa shape index (κ1) is 13.7. The standard InChI is InChI=1S/C10H16N6O2/c1-16(2)10(18)13-4-3-12-9(17)7-5-15-8(11)6-14-7/h5-6H,3-4H2,1-2H3,(H2,11,15)(H,12,17)(H,13,18). The number of nitrogens with two attached hydrogens (primary N) is 1. The minimum absolute atomic E-state index is 0.183. The quantitative estimate of drug-likeness (QED) is 0.598. The molecule has 0 aromatic carbocycles. The van der Waals surface area contributed by atoms with Gasteiger partial charge >= 0.3 is 6.03 Å². The molecule has 0 spiro atoms. The molecule has 0 saturated carbocycles. The number of hydrogen-bond acceptors (Lipinski definition) is 5. The van der Waals surface area contributed by atoms with Gasteiger partial charge in [0.1, 0.15) is 11.5 Å². The molecular weight excluding hydrogens is 236 g/mol. The molecule has 4 N–H and O–H groups in total. The molecule has 0 aliphatic carbocycles. The van der Waals surface area contributed by atoms with Crippen LogP contribution >= 0.6 is 0 Å². The fourth-order valence-electron chi connectivity index (χ4n) is 1.05. The summed E-state index contributed by atoms with van der Waals surface area (Å²) < 4.78 is 0. The summed E-state index contributed by atoms with van der Waals surface area (Å²) in [5, 5.41) is 5.21. The van der Waals surface area contributed by atoms with Gasteiger partial charge in [0.2, 0.25) is 0 Å². The lowest BCUT2D eigenvalue weighted by Crippen LogP contribution is -2.39. The third-order valence-corrected chi connectivity index (χ3v) is 2.00. The van der Waals surface area contributed by atoms with Crippen molar-refractivity contribution in [3.63, 3.8) is 0 Å².